The Hall–Kier alpha value is -1.74. The Morgan fingerprint density at radius 3 is 1.88 bits per heavy atom. The number of aliphatic hydroxyl groups is 1. The van der Waals surface area contributed by atoms with Crippen LogP contribution in [0.3, 0.4) is 0 Å². The molecule has 0 aliphatic carbocycles. The van der Waals surface area contributed by atoms with Gasteiger partial charge in [-0.15, -0.1) is 0 Å². The third-order valence-corrected chi connectivity index (χ3v) is 1.93. The molecule has 0 bridgehead atoms. The average molecular weight is 216 g/mol. The molecule has 3 heteroatoms. The molecule has 2 aromatic heterocycles. The molecule has 0 aliphatic heterocycles. The van der Waals surface area contributed by atoms with Gasteiger partial charge in [-0.1, -0.05) is 12.1 Å². The Morgan fingerprint density at radius 2 is 1.62 bits per heavy atom. The van der Waals surface area contributed by atoms with Crippen LogP contribution in [-0.4, -0.2) is 15.1 Å². The van der Waals surface area contributed by atoms with E-state index in [1.54, 1.807) is 25.4 Å². The van der Waals surface area contributed by atoms with Crippen LogP contribution in [0, 0.1) is 6.92 Å². The SMILES string of the molecule is CC(O)c1ccccn1.Cc1ccccn1. The van der Waals surface area contributed by atoms with Crippen molar-refractivity contribution in [3.63, 3.8) is 0 Å². The van der Waals surface area contributed by atoms with Crippen LogP contribution in [0.2, 0.25) is 0 Å². The third kappa shape index (κ3) is 4.66. The van der Waals surface area contributed by atoms with Crippen LogP contribution >= 0.6 is 0 Å². The summed E-state index contributed by atoms with van der Waals surface area (Å²) in [5.41, 5.74) is 1.79. The van der Waals surface area contributed by atoms with Crippen molar-refractivity contribution < 1.29 is 5.11 Å². The van der Waals surface area contributed by atoms with Gasteiger partial charge in [0.2, 0.25) is 0 Å². The molecule has 2 heterocycles. The number of nitrogens with zero attached hydrogens (tertiary/aromatic N) is 2. The number of pyridine rings is 2. The summed E-state index contributed by atoms with van der Waals surface area (Å²) in [5.74, 6) is 0. The second kappa shape index (κ2) is 6.69. The molecule has 16 heavy (non-hydrogen) atoms. The monoisotopic (exact) mass is 216 g/mol. The standard InChI is InChI=1S/C7H9NO.C6H7N/c1-6(9)7-4-2-3-5-8-7;1-6-4-2-3-5-7-6/h2-6,9H,1H3;2-5H,1H3. The Morgan fingerprint density at radius 1 is 1.00 bits per heavy atom. The molecule has 0 saturated carbocycles. The topological polar surface area (TPSA) is 46.0 Å². The first-order valence-electron chi connectivity index (χ1n) is 5.17. The fourth-order valence-corrected chi connectivity index (χ4v) is 1.07. The molecule has 0 saturated heterocycles. The van der Waals surface area contributed by atoms with Gasteiger partial charge in [0.05, 0.1) is 11.8 Å². The Kier molecular flexibility index (Phi) is 5.16. The zero-order valence-corrected chi connectivity index (χ0v) is 9.54. The Labute approximate surface area is 95.8 Å². The molecule has 1 N–H and O–H groups in total. The van der Waals surface area contributed by atoms with Crippen LogP contribution in [0.25, 0.3) is 0 Å². The Balaban J connectivity index is 0.000000165. The number of aromatic nitrogens is 2. The normalized spacial score (nSPS) is 11.2. The van der Waals surface area contributed by atoms with E-state index in [9.17, 15) is 0 Å². The van der Waals surface area contributed by atoms with Crippen LogP contribution in [0.15, 0.2) is 48.8 Å². The molecule has 3 nitrogen and oxygen atoms in total. The maximum absolute atomic E-state index is 8.96. The van der Waals surface area contributed by atoms with E-state index in [0.717, 1.165) is 11.4 Å². The van der Waals surface area contributed by atoms with Crippen molar-refractivity contribution in [2.24, 2.45) is 0 Å². The third-order valence-electron chi connectivity index (χ3n) is 1.93. The zero-order chi connectivity index (χ0) is 11.8. The number of aryl methyl sites for hydroxylation is 1. The molecule has 2 rings (SSSR count). The molecule has 0 spiro atoms. The van der Waals surface area contributed by atoms with Gasteiger partial charge in [0.25, 0.3) is 0 Å². The smallest absolute Gasteiger partial charge is 0.0931 e. The van der Waals surface area contributed by atoms with Gasteiger partial charge in [-0.05, 0) is 38.1 Å². The summed E-state index contributed by atoms with van der Waals surface area (Å²) in [7, 11) is 0. The summed E-state index contributed by atoms with van der Waals surface area (Å²) in [4.78, 5) is 7.91. The van der Waals surface area contributed by atoms with E-state index in [-0.39, 0.29) is 0 Å². The molecular formula is C13H16N2O. The second-order valence-corrected chi connectivity index (χ2v) is 3.40. The van der Waals surface area contributed by atoms with Crippen molar-refractivity contribution in [3.8, 4) is 0 Å². The van der Waals surface area contributed by atoms with Gasteiger partial charge in [-0.25, -0.2) is 0 Å². The van der Waals surface area contributed by atoms with Gasteiger partial charge in [0, 0.05) is 18.1 Å². The summed E-state index contributed by atoms with van der Waals surface area (Å²) in [5, 5.41) is 8.96. The molecule has 1 unspecified atom stereocenters. The van der Waals surface area contributed by atoms with Crippen LogP contribution in [-0.2, 0) is 0 Å². The van der Waals surface area contributed by atoms with E-state index in [1.807, 2.05) is 37.3 Å². The fraction of sp³-hybridized carbons (Fsp3) is 0.231. The molecule has 0 amide bonds. The zero-order valence-electron chi connectivity index (χ0n) is 9.54. The van der Waals surface area contributed by atoms with Gasteiger partial charge in [0.1, 0.15) is 0 Å². The number of hydrogen-bond acceptors (Lipinski definition) is 3. The highest BCUT2D eigenvalue weighted by Gasteiger charge is 1.97. The van der Waals surface area contributed by atoms with E-state index in [4.69, 9.17) is 5.11 Å². The van der Waals surface area contributed by atoms with Crippen molar-refractivity contribution in [1.29, 1.82) is 0 Å². The maximum Gasteiger partial charge on any atom is 0.0931 e. The first-order chi connectivity index (χ1) is 7.70. The fourth-order valence-electron chi connectivity index (χ4n) is 1.07. The van der Waals surface area contributed by atoms with Crippen molar-refractivity contribution >= 4 is 0 Å². The van der Waals surface area contributed by atoms with Gasteiger partial charge in [-0.2, -0.15) is 0 Å². The lowest BCUT2D eigenvalue weighted by Gasteiger charge is -1.99. The first kappa shape index (κ1) is 12.3. The minimum absolute atomic E-state index is 0.453. The van der Waals surface area contributed by atoms with Crippen molar-refractivity contribution in [2.75, 3.05) is 0 Å². The number of rotatable bonds is 1. The van der Waals surface area contributed by atoms with Crippen LogP contribution in [0.5, 0.6) is 0 Å². The van der Waals surface area contributed by atoms with Gasteiger partial charge in [0.15, 0.2) is 0 Å². The van der Waals surface area contributed by atoms with Gasteiger partial charge in [-0.3, -0.25) is 9.97 Å². The minimum atomic E-state index is -0.453. The van der Waals surface area contributed by atoms with Crippen molar-refractivity contribution in [1.82, 2.24) is 9.97 Å². The summed E-state index contributed by atoms with van der Waals surface area (Å²) < 4.78 is 0. The van der Waals surface area contributed by atoms with Gasteiger partial charge < -0.3 is 5.11 Å². The van der Waals surface area contributed by atoms with Gasteiger partial charge >= 0.3 is 0 Å². The average Bonchev–Trinajstić information content (AvgIpc) is 2.32. The summed E-state index contributed by atoms with van der Waals surface area (Å²) in [6.07, 6.45) is 3.00. The highest BCUT2D eigenvalue weighted by molar-refractivity contribution is 5.05. The van der Waals surface area contributed by atoms with E-state index in [0.29, 0.717) is 0 Å². The predicted molar refractivity (Wildman–Crippen MR) is 63.8 cm³/mol. The lowest BCUT2D eigenvalue weighted by Crippen LogP contribution is -1.92. The molecular weight excluding hydrogens is 200 g/mol. The lowest BCUT2D eigenvalue weighted by molar-refractivity contribution is 0.194. The summed E-state index contributed by atoms with van der Waals surface area (Å²) in [6.45, 7) is 3.67. The van der Waals surface area contributed by atoms with E-state index >= 15 is 0 Å². The Bertz CT molecular complexity index is 387. The molecule has 0 radical (unpaired) electrons. The highest BCUT2D eigenvalue weighted by Crippen LogP contribution is 2.05. The predicted octanol–water partition coefficient (Wildman–Crippen LogP) is 2.52. The van der Waals surface area contributed by atoms with Crippen molar-refractivity contribution in [2.45, 2.75) is 20.0 Å². The molecule has 0 aromatic carbocycles. The second-order valence-electron chi connectivity index (χ2n) is 3.40. The van der Waals surface area contributed by atoms with Crippen molar-refractivity contribution in [3.05, 3.63) is 60.2 Å². The van der Waals surface area contributed by atoms with Crippen LogP contribution in [0.1, 0.15) is 24.4 Å². The number of aliphatic hydroxyl groups excluding tert-OH is 1. The number of hydrogen-bond donors (Lipinski definition) is 1. The van der Waals surface area contributed by atoms with E-state index in [2.05, 4.69) is 9.97 Å². The molecule has 1 atom stereocenters. The maximum atomic E-state index is 8.96. The molecule has 0 fully saturated rings. The largest absolute Gasteiger partial charge is 0.387 e. The molecule has 2 aromatic rings. The van der Waals surface area contributed by atoms with Crippen LogP contribution < -0.4 is 0 Å². The molecule has 0 aliphatic rings. The summed E-state index contributed by atoms with van der Waals surface area (Å²) in [6, 6.07) is 11.3. The van der Waals surface area contributed by atoms with E-state index < -0.39 is 6.10 Å². The first-order valence-corrected chi connectivity index (χ1v) is 5.17. The van der Waals surface area contributed by atoms with Crippen LogP contribution in [0.4, 0.5) is 0 Å². The highest BCUT2D eigenvalue weighted by atomic mass is 16.3. The van der Waals surface area contributed by atoms with E-state index in [1.165, 1.54) is 0 Å². The summed E-state index contributed by atoms with van der Waals surface area (Å²) >= 11 is 0. The quantitative estimate of drug-likeness (QED) is 0.796. The minimum Gasteiger partial charge on any atom is -0.387 e. The lowest BCUT2D eigenvalue weighted by atomic mass is 10.2. The molecule has 84 valence electrons.